The Morgan fingerprint density at radius 2 is 1.71 bits per heavy atom. The second kappa shape index (κ2) is 9.70. The summed E-state index contributed by atoms with van der Waals surface area (Å²) in [5, 5.41) is 16.7. The molecule has 1 aliphatic heterocycles. The van der Waals surface area contributed by atoms with Crippen LogP contribution < -0.4 is 20.4 Å². The molecule has 0 radical (unpaired) electrons. The molecule has 8 nitrogen and oxygen atoms in total. The monoisotopic (exact) mass is 384 g/mol. The molecule has 0 aromatic heterocycles. The third kappa shape index (κ3) is 5.68. The van der Waals surface area contributed by atoms with Gasteiger partial charge in [0.25, 0.3) is 11.6 Å². The molecule has 2 aromatic carbocycles. The lowest BCUT2D eigenvalue weighted by Gasteiger charge is -2.33. The van der Waals surface area contributed by atoms with E-state index in [-0.39, 0.29) is 11.6 Å². The van der Waals surface area contributed by atoms with Crippen LogP contribution in [0.15, 0.2) is 54.6 Å². The number of para-hydroxylation sites is 1. The number of amides is 1. The number of nitrogens with one attached hydrogen (secondary N) is 3. The number of nitro benzene ring substituents is 1. The van der Waals surface area contributed by atoms with Crippen molar-refractivity contribution in [1.82, 2.24) is 5.32 Å². The molecule has 3 N–H and O–H groups in total. The predicted octanol–water partition coefficient (Wildman–Crippen LogP) is 0.528. The van der Waals surface area contributed by atoms with Crippen LogP contribution in [0.4, 0.5) is 17.1 Å². The number of carbonyl (C=O) groups excluding carboxylic acids is 1. The Morgan fingerprint density at radius 1 is 1.04 bits per heavy atom. The molecule has 3 rings (SSSR count). The zero-order valence-electron chi connectivity index (χ0n) is 15.8. The molecule has 0 aliphatic carbocycles. The standard InChI is InChI=1S/C20H25N5O3/c26-20(22-11-10-21-17-6-8-19(9-7-17)25(27)28)16-23-12-14-24(15-13-23)18-4-2-1-3-5-18/h1-9,21H,10-16H2,(H,22,26)/p+1. The molecule has 28 heavy (non-hydrogen) atoms. The molecule has 1 fully saturated rings. The average molecular weight is 384 g/mol. The van der Waals surface area contributed by atoms with E-state index in [1.807, 2.05) is 18.2 Å². The van der Waals surface area contributed by atoms with Crippen LogP contribution in [0.1, 0.15) is 0 Å². The molecule has 1 heterocycles. The van der Waals surface area contributed by atoms with E-state index in [0.29, 0.717) is 19.6 Å². The Kier molecular flexibility index (Phi) is 6.80. The fourth-order valence-corrected chi connectivity index (χ4v) is 3.30. The number of benzene rings is 2. The van der Waals surface area contributed by atoms with Gasteiger partial charge in [0.15, 0.2) is 6.54 Å². The Labute approximate surface area is 164 Å². The normalized spacial score (nSPS) is 14.5. The van der Waals surface area contributed by atoms with E-state index in [1.165, 1.54) is 22.7 Å². The summed E-state index contributed by atoms with van der Waals surface area (Å²) in [5.74, 6) is 0.0497. The zero-order chi connectivity index (χ0) is 19.8. The number of anilines is 2. The maximum atomic E-state index is 12.1. The van der Waals surface area contributed by atoms with Crippen molar-refractivity contribution in [3.63, 3.8) is 0 Å². The number of nitro groups is 1. The minimum atomic E-state index is -0.425. The van der Waals surface area contributed by atoms with Crippen LogP contribution in [0.5, 0.6) is 0 Å². The molecule has 0 unspecified atom stereocenters. The van der Waals surface area contributed by atoms with Crippen molar-refractivity contribution in [3.05, 3.63) is 64.7 Å². The lowest BCUT2D eigenvalue weighted by molar-refractivity contribution is -0.892. The molecule has 2 aromatic rings. The van der Waals surface area contributed by atoms with E-state index in [1.54, 1.807) is 12.1 Å². The molecular formula is C20H26N5O3+. The van der Waals surface area contributed by atoms with Crippen LogP contribution in [0, 0.1) is 10.1 Å². The summed E-state index contributed by atoms with van der Waals surface area (Å²) < 4.78 is 0. The van der Waals surface area contributed by atoms with Gasteiger partial charge in [0.1, 0.15) is 0 Å². The molecule has 0 saturated carbocycles. The van der Waals surface area contributed by atoms with Crippen molar-refractivity contribution in [2.45, 2.75) is 0 Å². The number of non-ortho nitro benzene ring substituents is 1. The second-order valence-electron chi connectivity index (χ2n) is 6.83. The summed E-state index contributed by atoms with van der Waals surface area (Å²) in [5.41, 5.74) is 2.10. The van der Waals surface area contributed by atoms with Crippen LogP contribution in [0.25, 0.3) is 0 Å². The quantitative estimate of drug-likeness (QED) is 0.351. The van der Waals surface area contributed by atoms with Crippen molar-refractivity contribution in [1.29, 1.82) is 0 Å². The van der Waals surface area contributed by atoms with E-state index in [4.69, 9.17) is 0 Å². The highest BCUT2D eigenvalue weighted by Crippen LogP contribution is 2.15. The van der Waals surface area contributed by atoms with Gasteiger partial charge in [-0.1, -0.05) is 18.2 Å². The van der Waals surface area contributed by atoms with E-state index in [9.17, 15) is 14.9 Å². The summed E-state index contributed by atoms with van der Waals surface area (Å²) in [6.45, 7) is 5.37. The smallest absolute Gasteiger partial charge is 0.275 e. The van der Waals surface area contributed by atoms with Crippen molar-refractivity contribution < 1.29 is 14.6 Å². The molecule has 1 aliphatic rings. The first-order valence-corrected chi connectivity index (χ1v) is 9.50. The van der Waals surface area contributed by atoms with E-state index < -0.39 is 4.92 Å². The Bertz CT molecular complexity index is 774. The average Bonchev–Trinajstić information content (AvgIpc) is 2.73. The largest absolute Gasteiger partial charge is 0.383 e. The maximum Gasteiger partial charge on any atom is 0.275 e. The van der Waals surface area contributed by atoms with Crippen molar-refractivity contribution >= 4 is 23.0 Å². The molecule has 1 amide bonds. The number of rotatable bonds is 8. The lowest BCUT2D eigenvalue weighted by atomic mass is 10.2. The molecule has 0 atom stereocenters. The summed E-state index contributed by atoms with van der Waals surface area (Å²) in [6, 6.07) is 16.6. The minimum absolute atomic E-state index is 0.0497. The number of hydrogen-bond donors (Lipinski definition) is 3. The third-order valence-corrected chi connectivity index (χ3v) is 4.86. The summed E-state index contributed by atoms with van der Waals surface area (Å²) in [4.78, 5) is 26.0. The zero-order valence-corrected chi connectivity index (χ0v) is 15.8. The number of nitrogens with zero attached hydrogens (tertiary/aromatic N) is 2. The van der Waals surface area contributed by atoms with Gasteiger partial charge < -0.3 is 20.4 Å². The van der Waals surface area contributed by atoms with Gasteiger partial charge >= 0.3 is 0 Å². The van der Waals surface area contributed by atoms with Crippen LogP contribution in [0.2, 0.25) is 0 Å². The predicted molar refractivity (Wildman–Crippen MR) is 109 cm³/mol. The van der Waals surface area contributed by atoms with Crippen LogP contribution >= 0.6 is 0 Å². The van der Waals surface area contributed by atoms with Crippen LogP contribution in [0.3, 0.4) is 0 Å². The van der Waals surface area contributed by atoms with Crippen LogP contribution in [-0.4, -0.2) is 56.6 Å². The highest BCUT2D eigenvalue weighted by Gasteiger charge is 2.22. The highest BCUT2D eigenvalue weighted by atomic mass is 16.6. The number of quaternary nitrogens is 1. The summed E-state index contributed by atoms with van der Waals surface area (Å²) in [6.07, 6.45) is 0. The van der Waals surface area contributed by atoms with Crippen molar-refractivity contribution in [2.75, 3.05) is 56.0 Å². The summed E-state index contributed by atoms with van der Waals surface area (Å²) >= 11 is 0. The van der Waals surface area contributed by atoms with Gasteiger partial charge in [-0.25, -0.2) is 0 Å². The Morgan fingerprint density at radius 3 is 2.36 bits per heavy atom. The molecular weight excluding hydrogens is 358 g/mol. The molecule has 8 heteroatoms. The van der Waals surface area contributed by atoms with E-state index in [2.05, 4.69) is 27.7 Å². The van der Waals surface area contributed by atoms with Gasteiger partial charge in [-0.3, -0.25) is 14.9 Å². The number of hydrogen-bond acceptors (Lipinski definition) is 5. The first kappa shape index (κ1) is 19.6. The fourth-order valence-electron chi connectivity index (χ4n) is 3.30. The molecule has 1 saturated heterocycles. The van der Waals surface area contributed by atoms with Gasteiger partial charge in [-0.05, 0) is 24.3 Å². The van der Waals surface area contributed by atoms with Crippen molar-refractivity contribution in [2.24, 2.45) is 0 Å². The van der Waals surface area contributed by atoms with Crippen molar-refractivity contribution in [3.8, 4) is 0 Å². The minimum Gasteiger partial charge on any atom is -0.383 e. The molecule has 148 valence electrons. The van der Waals surface area contributed by atoms with Gasteiger partial charge in [-0.15, -0.1) is 0 Å². The van der Waals surface area contributed by atoms with Gasteiger partial charge in [0.05, 0.1) is 31.1 Å². The third-order valence-electron chi connectivity index (χ3n) is 4.86. The lowest BCUT2D eigenvalue weighted by Crippen LogP contribution is -3.16. The first-order chi connectivity index (χ1) is 13.6. The van der Waals surface area contributed by atoms with Gasteiger partial charge in [0.2, 0.25) is 0 Å². The van der Waals surface area contributed by atoms with Gasteiger partial charge in [0, 0.05) is 36.6 Å². The topological polar surface area (TPSA) is 92.0 Å². The number of carbonyl (C=O) groups is 1. The van der Waals surface area contributed by atoms with E-state index >= 15 is 0 Å². The number of piperazine rings is 1. The second-order valence-corrected chi connectivity index (χ2v) is 6.83. The Hall–Kier alpha value is -3.13. The van der Waals surface area contributed by atoms with Crippen LogP contribution in [-0.2, 0) is 4.79 Å². The van der Waals surface area contributed by atoms with E-state index in [0.717, 1.165) is 31.9 Å². The molecule has 0 bridgehead atoms. The molecule has 0 spiro atoms. The highest BCUT2D eigenvalue weighted by molar-refractivity contribution is 5.76. The maximum absolute atomic E-state index is 12.1. The first-order valence-electron chi connectivity index (χ1n) is 9.50. The Balaban J connectivity index is 1.31. The van der Waals surface area contributed by atoms with Gasteiger partial charge in [-0.2, -0.15) is 0 Å². The SMILES string of the molecule is O=C(C[NH+]1CCN(c2ccccc2)CC1)NCCNc1ccc([N+](=O)[O-])cc1. The fraction of sp³-hybridized carbons (Fsp3) is 0.350. The summed E-state index contributed by atoms with van der Waals surface area (Å²) in [7, 11) is 0.